The van der Waals surface area contributed by atoms with Crippen LogP contribution in [-0.2, 0) is 4.74 Å². The molecule has 0 aliphatic heterocycles. The third-order valence-electron chi connectivity index (χ3n) is 5.76. The molecule has 0 saturated heterocycles. The van der Waals surface area contributed by atoms with E-state index < -0.39 is 27.2 Å². The Morgan fingerprint density at radius 1 is 1.00 bits per heavy atom. The first kappa shape index (κ1) is 15.7. The Morgan fingerprint density at radius 3 is 2.28 bits per heavy atom. The SMILES string of the molecule is O=C(O[C@@H]1C=C[C@@H]2[C@@H]3CCC[C@@H]3[C@@H]21)c1cc([N+](=O)[O-])cc([N+](=O)[O-])c1. The molecule has 130 valence electrons. The highest BCUT2D eigenvalue weighted by Gasteiger charge is 2.56. The number of nitro groups is 2. The Morgan fingerprint density at radius 2 is 1.64 bits per heavy atom. The number of ether oxygens (including phenoxy) is 1. The van der Waals surface area contributed by atoms with Crippen molar-refractivity contribution in [2.24, 2.45) is 23.7 Å². The number of carbonyl (C=O) groups is 1. The Hall–Kier alpha value is -2.77. The molecule has 4 rings (SSSR count). The first-order valence-electron chi connectivity index (χ1n) is 8.29. The molecule has 3 aliphatic rings. The summed E-state index contributed by atoms with van der Waals surface area (Å²) in [6.07, 6.45) is 7.20. The van der Waals surface area contributed by atoms with E-state index >= 15 is 0 Å². The molecule has 0 spiro atoms. The fourth-order valence-electron chi connectivity index (χ4n) is 4.73. The summed E-state index contributed by atoms with van der Waals surface area (Å²) in [5, 5.41) is 21.9. The maximum Gasteiger partial charge on any atom is 0.339 e. The molecule has 0 N–H and O–H groups in total. The predicted octanol–water partition coefficient (Wildman–Crippen LogP) is 3.26. The van der Waals surface area contributed by atoms with Crippen LogP contribution in [0.2, 0.25) is 0 Å². The van der Waals surface area contributed by atoms with Crippen LogP contribution in [0.3, 0.4) is 0 Å². The maximum atomic E-state index is 12.4. The van der Waals surface area contributed by atoms with Crippen molar-refractivity contribution in [3.63, 3.8) is 0 Å². The first-order chi connectivity index (χ1) is 12.0. The van der Waals surface area contributed by atoms with Crippen molar-refractivity contribution in [3.05, 3.63) is 56.1 Å². The molecule has 2 fully saturated rings. The molecule has 1 aromatic carbocycles. The summed E-state index contributed by atoms with van der Waals surface area (Å²) in [6, 6.07) is 2.87. The summed E-state index contributed by atoms with van der Waals surface area (Å²) < 4.78 is 5.54. The van der Waals surface area contributed by atoms with E-state index in [0.717, 1.165) is 24.6 Å². The Balaban J connectivity index is 1.54. The number of hydrogen-bond donors (Lipinski definition) is 0. The van der Waals surface area contributed by atoms with E-state index in [9.17, 15) is 25.0 Å². The second-order valence-corrected chi connectivity index (χ2v) is 6.92. The molecule has 0 bridgehead atoms. The lowest BCUT2D eigenvalue weighted by atomic mass is 9.59. The topological polar surface area (TPSA) is 113 Å². The molecule has 5 atom stereocenters. The van der Waals surface area contributed by atoms with Crippen molar-refractivity contribution < 1.29 is 19.4 Å². The van der Waals surface area contributed by atoms with E-state index in [1.807, 2.05) is 6.08 Å². The van der Waals surface area contributed by atoms with Crippen molar-refractivity contribution in [2.45, 2.75) is 25.4 Å². The van der Waals surface area contributed by atoms with Gasteiger partial charge in [-0.05, 0) is 36.7 Å². The van der Waals surface area contributed by atoms with Crippen LogP contribution in [0.15, 0.2) is 30.4 Å². The number of rotatable bonds is 4. The minimum absolute atomic E-state index is 0.167. The fourth-order valence-corrected chi connectivity index (χ4v) is 4.73. The fraction of sp³-hybridized carbons (Fsp3) is 0.471. The number of benzene rings is 1. The Kier molecular flexibility index (Phi) is 3.55. The zero-order valence-corrected chi connectivity index (χ0v) is 13.2. The van der Waals surface area contributed by atoms with Gasteiger partial charge >= 0.3 is 5.97 Å². The third-order valence-corrected chi connectivity index (χ3v) is 5.76. The van der Waals surface area contributed by atoms with E-state index in [2.05, 4.69) is 6.08 Å². The highest BCUT2D eigenvalue weighted by molar-refractivity contribution is 5.91. The van der Waals surface area contributed by atoms with Gasteiger partial charge in [-0.1, -0.05) is 12.5 Å². The average molecular weight is 344 g/mol. The summed E-state index contributed by atoms with van der Waals surface area (Å²) in [4.78, 5) is 32.8. The minimum Gasteiger partial charge on any atom is -0.454 e. The van der Waals surface area contributed by atoms with Gasteiger partial charge in [0.1, 0.15) is 6.10 Å². The first-order valence-corrected chi connectivity index (χ1v) is 8.29. The predicted molar refractivity (Wildman–Crippen MR) is 85.9 cm³/mol. The van der Waals surface area contributed by atoms with Crippen LogP contribution in [0.1, 0.15) is 29.6 Å². The summed E-state index contributed by atoms with van der Waals surface area (Å²) in [7, 11) is 0. The standard InChI is InChI=1S/C17H16N2O6/c20-17(9-6-10(18(21)22)8-11(7-9)19(23)24)25-15-5-4-14-12-2-1-3-13(12)16(14)15/h4-8,12-16H,1-3H2/t12-,13+,14-,15-,16+/m1/s1. The largest absolute Gasteiger partial charge is 0.454 e. The monoisotopic (exact) mass is 344 g/mol. The van der Waals surface area contributed by atoms with Gasteiger partial charge in [-0.2, -0.15) is 0 Å². The highest BCUT2D eigenvalue weighted by atomic mass is 16.6. The van der Waals surface area contributed by atoms with Crippen LogP contribution in [0, 0.1) is 43.9 Å². The lowest BCUT2D eigenvalue weighted by Crippen LogP contribution is -2.46. The van der Waals surface area contributed by atoms with Crippen molar-refractivity contribution in [1.29, 1.82) is 0 Å². The van der Waals surface area contributed by atoms with Crippen LogP contribution in [0.5, 0.6) is 0 Å². The molecule has 0 aromatic heterocycles. The number of nitrogens with zero attached hydrogens (tertiary/aromatic N) is 2. The summed E-state index contributed by atoms with van der Waals surface area (Å²) in [5.41, 5.74) is -1.17. The average Bonchev–Trinajstić information content (AvgIpc) is 3.12. The van der Waals surface area contributed by atoms with Gasteiger partial charge in [0.25, 0.3) is 11.4 Å². The van der Waals surface area contributed by atoms with Crippen molar-refractivity contribution in [2.75, 3.05) is 0 Å². The molecule has 0 unspecified atom stereocenters. The van der Waals surface area contributed by atoms with Gasteiger partial charge in [0.15, 0.2) is 0 Å². The zero-order valence-electron chi connectivity index (χ0n) is 13.2. The smallest absolute Gasteiger partial charge is 0.339 e. The Labute approximate surface area is 142 Å². The number of nitro benzene ring substituents is 2. The molecule has 8 nitrogen and oxygen atoms in total. The molecule has 3 aliphatic carbocycles. The third kappa shape index (κ3) is 2.48. The van der Waals surface area contributed by atoms with Crippen molar-refractivity contribution in [3.8, 4) is 0 Å². The number of esters is 1. The lowest BCUT2D eigenvalue weighted by Gasteiger charge is -2.46. The molecular weight excluding hydrogens is 328 g/mol. The minimum atomic E-state index is -0.761. The molecule has 2 saturated carbocycles. The highest BCUT2D eigenvalue weighted by Crippen LogP contribution is 2.60. The maximum absolute atomic E-state index is 12.4. The van der Waals surface area contributed by atoms with Gasteiger partial charge in [0.2, 0.25) is 0 Å². The zero-order chi connectivity index (χ0) is 17.7. The number of fused-ring (bicyclic) bond motifs is 4. The molecule has 0 amide bonds. The summed E-state index contributed by atoms with van der Waals surface area (Å²) in [6.45, 7) is 0. The van der Waals surface area contributed by atoms with Crippen molar-refractivity contribution in [1.82, 2.24) is 0 Å². The van der Waals surface area contributed by atoms with Crippen LogP contribution in [-0.4, -0.2) is 21.9 Å². The van der Waals surface area contributed by atoms with E-state index in [0.29, 0.717) is 17.8 Å². The van der Waals surface area contributed by atoms with E-state index in [-0.39, 0.29) is 17.6 Å². The van der Waals surface area contributed by atoms with E-state index in [1.54, 1.807) is 0 Å². The molecule has 8 heteroatoms. The van der Waals surface area contributed by atoms with Crippen LogP contribution < -0.4 is 0 Å². The van der Waals surface area contributed by atoms with Gasteiger partial charge in [0, 0.05) is 18.1 Å². The van der Waals surface area contributed by atoms with E-state index in [1.165, 1.54) is 12.8 Å². The second-order valence-electron chi connectivity index (χ2n) is 6.92. The van der Waals surface area contributed by atoms with Gasteiger partial charge in [0.05, 0.1) is 21.5 Å². The quantitative estimate of drug-likeness (QED) is 0.358. The molecular formula is C17H16N2O6. The second kappa shape index (κ2) is 5.65. The van der Waals surface area contributed by atoms with Crippen molar-refractivity contribution >= 4 is 17.3 Å². The summed E-state index contributed by atoms with van der Waals surface area (Å²) >= 11 is 0. The van der Waals surface area contributed by atoms with E-state index in [4.69, 9.17) is 4.74 Å². The number of hydrogen-bond acceptors (Lipinski definition) is 6. The van der Waals surface area contributed by atoms with Gasteiger partial charge in [-0.15, -0.1) is 0 Å². The van der Waals surface area contributed by atoms with Crippen LogP contribution >= 0.6 is 0 Å². The van der Waals surface area contributed by atoms with Gasteiger partial charge < -0.3 is 4.74 Å². The van der Waals surface area contributed by atoms with Crippen LogP contribution in [0.4, 0.5) is 11.4 Å². The Bertz CT molecular complexity index is 772. The summed E-state index contributed by atoms with van der Waals surface area (Å²) in [5.74, 6) is 1.22. The molecule has 1 aromatic rings. The number of carbonyl (C=O) groups excluding carboxylic acids is 1. The molecule has 0 radical (unpaired) electrons. The molecule has 0 heterocycles. The molecule has 25 heavy (non-hydrogen) atoms. The van der Waals surface area contributed by atoms with Gasteiger partial charge in [-0.3, -0.25) is 20.2 Å². The van der Waals surface area contributed by atoms with Gasteiger partial charge in [-0.25, -0.2) is 4.79 Å². The number of non-ortho nitro benzene ring substituents is 2. The lowest BCUT2D eigenvalue weighted by molar-refractivity contribution is -0.394. The van der Waals surface area contributed by atoms with Crippen LogP contribution in [0.25, 0.3) is 0 Å². The number of allylic oxidation sites excluding steroid dienone is 1. The normalized spacial score (nSPS) is 31.8.